The van der Waals surface area contributed by atoms with Crippen molar-refractivity contribution in [3.63, 3.8) is 0 Å². The number of nitrogens with one attached hydrogen (secondary N) is 2. The van der Waals surface area contributed by atoms with Gasteiger partial charge in [-0.1, -0.05) is 17.7 Å². The third kappa shape index (κ3) is 3.94. The first-order valence-electron chi connectivity index (χ1n) is 9.56. The predicted molar refractivity (Wildman–Crippen MR) is 110 cm³/mol. The summed E-state index contributed by atoms with van der Waals surface area (Å²) in [5.74, 6) is -1.19. The Labute approximate surface area is 173 Å². The zero-order valence-corrected chi connectivity index (χ0v) is 17.2. The first-order chi connectivity index (χ1) is 14.3. The van der Waals surface area contributed by atoms with Crippen LogP contribution in [0.15, 0.2) is 57.8 Å². The van der Waals surface area contributed by atoms with Crippen LogP contribution in [0, 0.1) is 6.92 Å². The van der Waals surface area contributed by atoms with Crippen molar-refractivity contribution in [1.82, 2.24) is 15.2 Å². The van der Waals surface area contributed by atoms with Gasteiger partial charge in [0, 0.05) is 24.0 Å². The molecule has 0 spiro atoms. The third-order valence-electron chi connectivity index (χ3n) is 4.98. The Hall–Kier alpha value is -3.17. The number of furan rings is 1. The summed E-state index contributed by atoms with van der Waals surface area (Å²) < 4.78 is 32.3. The van der Waals surface area contributed by atoms with Gasteiger partial charge in [0.25, 0.3) is 5.91 Å². The molecule has 2 amide bonds. The molecule has 2 aromatic carbocycles. The standard InChI is InChI=1S/C21H21N3O5S/c1-14-7-8-18-16(11-14)13-19(29-18)21(26)23-22-20(25)15-5-4-6-17(12-15)30(27,28)24-9-2-3-10-24/h4-8,11-13H,2-3,9-10H2,1H3,(H,22,25)(H,23,26). The van der Waals surface area contributed by atoms with Gasteiger partial charge in [-0.05, 0) is 56.2 Å². The fourth-order valence-corrected chi connectivity index (χ4v) is 4.96. The second kappa shape index (κ2) is 7.92. The molecule has 1 fully saturated rings. The molecule has 0 atom stereocenters. The first kappa shape index (κ1) is 20.1. The number of carbonyl (C=O) groups is 2. The molecule has 2 N–H and O–H groups in total. The summed E-state index contributed by atoms with van der Waals surface area (Å²) in [6.45, 7) is 2.89. The number of amides is 2. The summed E-state index contributed by atoms with van der Waals surface area (Å²) in [4.78, 5) is 24.8. The number of fused-ring (bicyclic) bond motifs is 1. The van der Waals surface area contributed by atoms with Gasteiger partial charge in [-0.25, -0.2) is 8.42 Å². The lowest BCUT2D eigenvalue weighted by molar-refractivity contribution is 0.0832. The SMILES string of the molecule is Cc1ccc2oc(C(=O)NNC(=O)c3cccc(S(=O)(=O)N4CCCC4)c3)cc2c1. The van der Waals surface area contributed by atoms with Gasteiger partial charge in [-0.15, -0.1) is 0 Å². The minimum Gasteiger partial charge on any atom is -0.451 e. The largest absolute Gasteiger partial charge is 0.451 e. The number of hydrazine groups is 1. The molecule has 156 valence electrons. The molecular weight excluding hydrogens is 406 g/mol. The topological polar surface area (TPSA) is 109 Å². The summed E-state index contributed by atoms with van der Waals surface area (Å²) in [5, 5.41) is 0.784. The molecule has 0 bridgehead atoms. The lowest BCUT2D eigenvalue weighted by Gasteiger charge is -2.16. The fourth-order valence-electron chi connectivity index (χ4n) is 3.40. The molecular formula is C21H21N3O5S. The molecule has 2 heterocycles. The van der Waals surface area contributed by atoms with Crippen LogP contribution in [0.1, 0.15) is 39.3 Å². The average Bonchev–Trinajstić information content (AvgIpc) is 3.42. The fraction of sp³-hybridized carbons (Fsp3) is 0.238. The van der Waals surface area contributed by atoms with Crippen LogP contribution in [0.25, 0.3) is 11.0 Å². The highest BCUT2D eigenvalue weighted by molar-refractivity contribution is 7.89. The second-order valence-electron chi connectivity index (χ2n) is 7.20. The van der Waals surface area contributed by atoms with Crippen molar-refractivity contribution in [2.45, 2.75) is 24.7 Å². The van der Waals surface area contributed by atoms with E-state index in [9.17, 15) is 18.0 Å². The molecule has 0 radical (unpaired) electrons. The van der Waals surface area contributed by atoms with Crippen molar-refractivity contribution < 1.29 is 22.4 Å². The monoisotopic (exact) mass is 427 g/mol. The second-order valence-corrected chi connectivity index (χ2v) is 9.14. The Kier molecular flexibility index (Phi) is 5.31. The lowest BCUT2D eigenvalue weighted by atomic mass is 10.2. The average molecular weight is 427 g/mol. The zero-order chi connectivity index (χ0) is 21.3. The van der Waals surface area contributed by atoms with Gasteiger partial charge in [-0.3, -0.25) is 20.4 Å². The van der Waals surface area contributed by atoms with E-state index in [1.54, 1.807) is 12.1 Å². The minimum absolute atomic E-state index is 0.0519. The van der Waals surface area contributed by atoms with Gasteiger partial charge in [0.1, 0.15) is 5.58 Å². The van der Waals surface area contributed by atoms with Crippen LogP contribution in [0.5, 0.6) is 0 Å². The van der Waals surface area contributed by atoms with Crippen molar-refractivity contribution in [2.24, 2.45) is 0 Å². The molecule has 1 aromatic heterocycles. The van der Waals surface area contributed by atoms with Crippen molar-refractivity contribution in [2.75, 3.05) is 13.1 Å². The van der Waals surface area contributed by atoms with E-state index in [1.165, 1.54) is 28.6 Å². The van der Waals surface area contributed by atoms with Gasteiger partial charge >= 0.3 is 5.91 Å². The molecule has 1 saturated heterocycles. The number of hydrogen-bond acceptors (Lipinski definition) is 5. The minimum atomic E-state index is -3.64. The van der Waals surface area contributed by atoms with E-state index in [4.69, 9.17) is 4.42 Å². The molecule has 1 aliphatic rings. The highest BCUT2D eigenvalue weighted by Gasteiger charge is 2.27. The zero-order valence-electron chi connectivity index (χ0n) is 16.3. The number of aryl methyl sites for hydroxylation is 1. The van der Waals surface area contributed by atoms with Gasteiger partial charge in [0.2, 0.25) is 10.0 Å². The molecule has 4 rings (SSSR count). The van der Waals surface area contributed by atoms with Gasteiger partial charge in [-0.2, -0.15) is 4.31 Å². The molecule has 9 heteroatoms. The Morgan fingerprint density at radius 1 is 0.967 bits per heavy atom. The molecule has 1 aliphatic heterocycles. The maximum Gasteiger partial charge on any atom is 0.305 e. The molecule has 3 aromatic rings. The van der Waals surface area contributed by atoms with Crippen molar-refractivity contribution in [3.8, 4) is 0 Å². The van der Waals surface area contributed by atoms with E-state index in [1.807, 2.05) is 19.1 Å². The van der Waals surface area contributed by atoms with Crippen molar-refractivity contribution >= 4 is 32.8 Å². The Bertz CT molecular complexity index is 1230. The molecule has 0 aliphatic carbocycles. The van der Waals surface area contributed by atoms with E-state index >= 15 is 0 Å². The van der Waals surface area contributed by atoms with Gasteiger partial charge in [0.15, 0.2) is 5.76 Å². The van der Waals surface area contributed by atoms with E-state index in [0.717, 1.165) is 23.8 Å². The lowest BCUT2D eigenvalue weighted by Crippen LogP contribution is -2.41. The maximum atomic E-state index is 12.7. The van der Waals surface area contributed by atoms with Crippen LogP contribution in [-0.4, -0.2) is 37.6 Å². The van der Waals surface area contributed by atoms with E-state index < -0.39 is 21.8 Å². The van der Waals surface area contributed by atoms with Crippen molar-refractivity contribution in [1.29, 1.82) is 0 Å². The summed E-state index contributed by atoms with van der Waals surface area (Å²) in [5.41, 5.74) is 6.31. The van der Waals surface area contributed by atoms with Crippen LogP contribution in [-0.2, 0) is 10.0 Å². The third-order valence-corrected chi connectivity index (χ3v) is 6.88. The molecule has 0 saturated carbocycles. The van der Waals surface area contributed by atoms with E-state index in [2.05, 4.69) is 10.9 Å². The van der Waals surface area contributed by atoms with Crippen LogP contribution in [0.4, 0.5) is 0 Å². The smallest absolute Gasteiger partial charge is 0.305 e. The normalized spacial score (nSPS) is 14.7. The molecule has 30 heavy (non-hydrogen) atoms. The maximum absolute atomic E-state index is 12.7. The number of benzene rings is 2. The Morgan fingerprint density at radius 3 is 2.47 bits per heavy atom. The first-order valence-corrected chi connectivity index (χ1v) is 11.0. The number of rotatable bonds is 4. The summed E-state index contributed by atoms with van der Waals surface area (Å²) in [6, 6.07) is 12.9. The highest BCUT2D eigenvalue weighted by Crippen LogP contribution is 2.22. The number of nitrogens with zero attached hydrogens (tertiary/aromatic N) is 1. The Morgan fingerprint density at radius 2 is 1.70 bits per heavy atom. The Balaban J connectivity index is 1.45. The van der Waals surface area contributed by atoms with Crippen molar-refractivity contribution in [3.05, 3.63) is 65.4 Å². The molecule has 8 nitrogen and oxygen atoms in total. The highest BCUT2D eigenvalue weighted by atomic mass is 32.2. The molecule has 0 unspecified atom stereocenters. The predicted octanol–water partition coefficient (Wildman–Crippen LogP) is 2.60. The van der Waals surface area contributed by atoms with E-state index in [0.29, 0.717) is 18.7 Å². The van der Waals surface area contributed by atoms with Gasteiger partial charge < -0.3 is 4.42 Å². The van der Waals surface area contributed by atoms with Crippen LogP contribution < -0.4 is 10.9 Å². The summed E-state index contributed by atoms with van der Waals surface area (Å²) in [7, 11) is -3.64. The number of carbonyl (C=O) groups excluding carboxylic acids is 2. The summed E-state index contributed by atoms with van der Waals surface area (Å²) in [6.07, 6.45) is 1.65. The van der Waals surface area contributed by atoms with Crippen LogP contribution in [0.2, 0.25) is 0 Å². The van der Waals surface area contributed by atoms with Gasteiger partial charge in [0.05, 0.1) is 4.90 Å². The number of sulfonamides is 1. The summed E-state index contributed by atoms with van der Waals surface area (Å²) >= 11 is 0. The quantitative estimate of drug-likeness (QED) is 0.622. The van der Waals surface area contributed by atoms with Crippen LogP contribution >= 0.6 is 0 Å². The number of hydrogen-bond donors (Lipinski definition) is 2. The van der Waals surface area contributed by atoms with Crippen LogP contribution in [0.3, 0.4) is 0 Å². The van der Waals surface area contributed by atoms with E-state index in [-0.39, 0.29) is 16.2 Å².